The average molecular weight is 382 g/mol. The Hall–Kier alpha value is -3.22. The summed E-state index contributed by atoms with van der Waals surface area (Å²) in [5.74, 6) is -0.605. The first-order valence-corrected chi connectivity index (χ1v) is 9.24. The fourth-order valence-corrected chi connectivity index (χ4v) is 3.09. The summed E-state index contributed by atoms with van der Waals surface area (Å²) >= 11 is 0. The Kier molecular flexibility index (Phi) is 5.73. The van der Waals surface area contributed by atoms with Crippen molar-refractivity contribution in [1.29, 1.82) is 0 Å². The Morgan fingerprint density at radius 1 is 1.18 bits per heavy atom. The van der Waals surface area contributed by atoms with Gasteiger partial charge in [-0.25, -0.2) is 9.78 Å². The first-order chi connectivity index (χ1) is 13.5. The van der Waals surface area contributed by atoms with Gasteiger partial charge in [0.25, 0.3) is 5.56 Å². The van der Waals surface area contributed by atoms with Crippen LogP contribution in [0.15, 0.2) is 39.8 Å². The average Bonchev–Trinajstić information content (AvgIpc) is 3.02. The van der Waals surface area contributed by atoms with Crippen molar-refractivity contribution in [3.8, 4) is 0 Å². The van der Waals surface area contributed by atoms with Crippen LogP contribution in [-0.4, -0.2) is 27.9 Å². The van der Waals surface area contributed by atoms with E-state index in [1.165, 1.54) is 10.9 Å². The fourth-order valence-electron chi connectivity index (χ4n) is 3.09. The van der Waals surface area contributed by atoms with Crippen molar-refractivity contribution in [3.05, 3.63) is 63.4 Å². The highest BCUT2D eigenvalue weighted by molar-refractivity contribution is 6.03. The molecule has 0 aliphatic heterocycles. The standard InChI is InChI=1S/C21H22N2O5/c1-4-6-14-7-9-15(10-8-14)16(24)11-23-12-22-19-18(20(23)25)17(13(3)28-19)21(26)27-5-2/h7-10,12H,4-6,11H2,1-3H3. The molecule has 7 nitrogen and oxygen atoms in total. The second-order valence-electron chi connectivity index (χ2n) is 6.48. The first kappa shape index (κ1) is 19.5. The van der Waals surface area contributed by atoms with Gasteiger partial charge in [-0.1, -0.05) is 37.6 Å². The zero-order valence-electron chi connectivity index (χ0n) is 16.2. The van der Waals surface area contributed by atoms with Crippen molar-refractivity contribution in [2.75, 3.05) is 6.61 Å². The van der Waals surface area contributed by atoms with Crippen LogP contribution in [0.3, 0.4) is 0 Å². The molecule has 0 spiro atoms. The molecule has 146 valence electrons. The van der Waals surface area contributed by atoms with Crippen LogP contribution < -0.4 is 5.56 Å². The van der Waals surface area contributed by atoms with E-state index >= 15 is 0 Å². The van der Waals surface area contributed by atoms with Gasteiger partial charge in [-0.2, -0.15) is 0 Å². The third kappa shape index (κ3) is 3.74. The van der Waals surface area contributed by atoms with Gasteiger partial charge in [0.05, 0.1) is 13.2 Å². The molecule has 2 heterocycles. The zero-order valence-corrected chi connectivity index (χ0v) is 16.2. The molecule has 28 heavy (non-hydrogen) atoms. The Morgan fingerprint density at radius 3 is 2.54 bits per heavy atom. The number of hydrogen-bond acceptors (Lipinski definition) is 6. The van der Waals surface area contributed by atoms with Gasteiger partial charge in [0.1, 0.15) is 23.0 Å². The molecule has 0 atom stereocenters. The topological polar surface area (TPSA) is 91.4 Å². The predicted octanol–water partition coefficient (Wildman–Crippen LogP) is 3.31. The number of furan rings is 1. The number of fused-ring (bicyclic) bond motifs is 1. The second-order valence-corrected chi connectivity index (χ2v) is 6.48. The van der Waals surface area contributed by atoms with Crippen molar-refractivity contribution in [1.82, 2.24) is 9.55 Å². The Morgan fingerprint density at radius 2 is 1.89 bits per heavy atom. The number of hydrogen-bond donors (Lipinski definition) is 0. The molecule has 3 rings (SSSR count). The van der Waals surface area contributed by atoms with Crippen molar-refractivity contribution >= 4 is 22.9 Å². The molecule has 3 aromatic rings. The zero-order chi connectivity index (χ0) is 20.3. The van der Waals surface area contributed by atoms with Crippen molar-refractivity contribution in [2.24, 2.45) is 0 Å². The molecule has 0 amide bonds. The van der Waals surface area contributed by atoms with E-state index in [0.29, 0.717) is 5.56 Å². The molecule has 0 saturated carbocycles. The van der Waals surface area contributed by atoms with Crippen molar-refractivity contribution < 1.29 is 18.7 Å². The minimum absolute atomic E-state index is 0.0320. The number of ketones is 1. The number of esters is 1. The maximum Gasteiger partial charge on any atom is 0.342 e. The summed E-state index contributed by atoms with van der Waals surface area (Å²) in [6.45, 7) is 5.33. The van der Waals surface area contributed by atoms with Crippen LogP contribution in [0.25, 0.3) is 11.1 Å². The smallest absolute Gasteiger partial charge is 0.342 e. The van der Waals surface area contributed by atoms with Gasteiger partial charge in [0, 0.05) is 5.56 Å². The van der Waals surface area contributed by atoms with E-state index in [9.17, 15) is 14.4 Å². The van der Waals surface area contributed by atoms with Crippen LogP contribution in [0.2, 0.25) is 0 Å². The summed E-state index contributed by atoms with van der Waals surface area (Å²) in [5.41, 5.74) is 1.27. The monoisotopic (exact) mass is 382 g/mol. The van der Waals surface area contributed by atoms with E-state index in [1.54, 1.807) is 26.0 Å². The predicted molar refractivity (Wildman–Crippen MR) is 104 cm³/mol. The van der Waals surface area contributed by atoms with E-state index in [1.807, 2.05) is 12.1 Å². The number of aromatic nitrogens is 2. The number of rotatable bonds is 7. The molecular weight excluding hydrogens is 360 g/mol. The van der Waals surface area contributed by atoms with E-state index in [2.05, 4.69) is 11.9 Å². The van der Waals surface area contributed by atoms with Crippen LogP contribution >= 0.6 is 0 Å². The van der Waals surface area contributed by atoms with E-state index < -0.39 is 11.5 Å². The lowest BCUT2D eigenvalue weighted by Crippen LogP contribution is -2.25. The SMILES string of the molecule is CCCc1ccc(C(=O)Cn2cnc3oc(C)c(C(=O)OCC)c3c2=O)cc1. The van der Waals surface area contributed by atoms with Crippen LogP contribution in [0.1, 0.15) is 52.3 Å². The molecule has 1 aromatic carbocycles. The Labute approximate surface area is 161 Å². The summed E-state index contributed by atoms with van der Waals surface area (Å²) in [6, 6.07) is 7.35. The molecule has 2 aromatic heterocycles. The number of carbonyl (C=O) groups is 2. The van der Waals surface area contributed by atoms with E-state index in [-0.39, 0.29) is 41.4 Å². The number of carbonyl (C=O) groups excluding carboxylic acids is 2. The van der Waals surface area contributed by atoms with Crippen LogP contribution in [0.5, 0.6) is 0 Å². The normalized spacial score (nSPS) is 11.0. The molecule has 0 aliphatic carbocycles. The largest absolute Gasteiger partial charge is 0.462 e. The fraction of sp³-hybridized carbons (Fsp3) is 0.333. The highest BCUT2D eigenvalue weighted by Gasteiger charge is 2.24. The minimum Gasteiger partial charge on any atom is -0.462 e. The summed E-state index contributed by atoms with van der Waals surface area (Å²) in [4.78, 5) is 41.8. The number of Topliss-reactive ketones (excluding diaryl/α,β-unsaturated/α-hetero) is 1. The molecule has 0 aliphatic rings. The number of aryl methyl sites for hydroxylation is 2. The van der Waals surface area contributed by atoms with Gasteiger partial charge in [-0.05, 0) is 25.8 Å². The Balaban J connectivity index is 1.94. The minimum atomic E-state index is -0.645. The van der Waals surface area contributed by atoms with Crippen molar-refractivity contribution in [2.45, 2.75) is 40.2 Å². The highest BCUT2D eigenvalue weighted by Crippen LogP contribution is 2.21. The van der Waals surface area contributed by atoms with Gasteiger partial charge < -0.3 is 9.15 Å². The lowest BCUT2D eigenvalue weighted by molar-refractivity contribution is 0.0526. The van der Waals surface area contributed by atoms with Gasteiger partial charge in [-0.3, -0.25) is 14.2 Å². The lowest BCUT2D eigenvalue weighted by atomic mass is 10.1. The summed E-state index contributed by atoms with van der Waals surface area (Å²) in [6.07, 6.45) is 3.23. The van der Waals surface area contributed by atoms with E-state index in [4.69, 9.17) is 9.15 Å². The third-order valence-corrected chi connectivity index (χ3v) is 4.46. The molecule has 7 heteroatoms. The molecule has 0 radical (unpaired) electrons. The highest BCUT2D eigenvalue weighted by atomic mass is 16.5. The number of benzene rings is 1. The van der Waals surface area contributed by atoms with Crippen molar-refractivity contribution in [3.63, 3.8) is 0 Å². The third-order valence-electron chi connectivity index (χ3n) is 4.46. The molecular formula is C21H22N2O5. The molecule has 0 unspecified atom stereocenters. The van der Waals surface area contributed by atoms with Crippen LogP contribution in [0, 0.1) is 6.92 Å². The second kappa shape index (κ2) is 8.21. The quantitative estimate of drug-likeness (QED) is 0.460. The van der Waals surface area contributed by atoms with Crippen LogP contribution in [-0.2, 0) is 17.7 Å². The Bertz CT molecular complexity index is 1080. The molecule has 0 fully saturated rings. The number of nitrogens with zero attached hydrogens (tertiary/aromatic N) is 2. The van der Waals surface area contributed by atoms with Gasteiger partial charge in [0.2, 0.25) is 5.71 Å². The summed E-state index contributed by atoms with van der Waals surface area (Å²) in [5, 5.41) is 0.0320. The van der Waals surface area contributed by atoms with E-state index in [0.717, 1.165) is 18.4 Å². The lowest BCUT2D eigenvalue weighted by Gasteiger charge is -2.06. The molecule has 0 N–H and O–H groups in total. The summed E-state index contributed by atoms with van der Waals surface area (Å²) in [7, 11) is 0. The molecule has 0 bridgehead atoms. The summed E-state index contributed by atoms with van der Waals surface area (Å²) < 4.78 is 11.6. The van der Waals surface area contributed by atoms with Gasteiger partial charge in [-0.15, -0.1) is 0 Å². The van der Waals surface area contributed by atoms with Gasteiger partial charge in [0.15, 0.2) is 5.78 Å². The van der Waals surface area contributed by atoms with Gasteiger partial charge >= 0.3 is 5.97 Å². The first-order valence-electron chi connectivity index (χ1n) is 9.24. The van der Waals surface area contributed by atoms with Crippen LogP contribution in [0.4, 0.5) is 0 Å². The maximum atomic E-state index is 12.9. The molecule has 0 saturated heterocycles. The maximum absolute atomic E-state index is 12.9. The number of ether oxygens (including phenoxy) is 1.